The fourth-order valence-corrected chi connectivity index (χ4v) is 1.61. The Kier molecular flexibility index (Phi) is 3.08. The lowest BCUT2D eigenvalue weighted by molar-refractivity contribution is 0.0786. The molecule has 0 bridgehead atoms. The van der Waals surface area contributed by atoms with Crippen molar-refractivity contribution >= 4 is 11.6 Å². The highest BCUT2D eigenvalue weighted by atomic mass is 16.2. The standard InChI is InChI=1S/C12H17N3O/c1-15(7-6-9-2-3-9)12(16)11-5-4-10(13)8-14-11/h4-5,8-9H,2-3,6-7,13H2,1H3. The number of hydrogen-bond donors (Lipinski definition) is 1. The van der Waals surface area contributed by atoms with Gasteiger partial charge in [-0.1, -0.05) is 12.8 Å². The molecule has 1 fully saturated rings. The lowest BCUT2D eigenvalue weighted by atomic mass is 10.2. The van der Waals surface area contributed by atoms with Gasteiger partial charge in [-0.25, -0.2) is 4.98 Å². The summed E-state index contributed by atoms with van der Waals surface area (Å²) in [6.45, 7) is 0.815. The first-order valence-electron chi connectivity index (χ1n) is 5.64. The van der Waals surface area contributed by atoms with E-state index in [9.17, 15) is 4.79 Å². The number of carbonyl (C=O) groups is 1. The molecule has 16 heavy (non-hydrogen) atoms. The molecule has 1 heterocycles. The number of carbonyl (C=O) groups excluding carboxylic acids is 1. The molecule has 0 radical (unpaired) electrons. The van der Waals surface area contributed by atoms with Crippen molar-refractivity contribution in [1.29, 1.82) is 0 Å². The SMILES string of the molecule is CN(CCC1CC1)C(=O)c1ccc(N)cn1. The first-order valence-corrected chi connectivity index (χ1v) is 5.64. The molecule has 0 atom stereocenters. The maximum absolute atomic E-state index is 11.9. The van der Waals surface area contributed by atoms with Gasteiger partial charge in [-0.05, 0) is 24.5 Å². The molecule has 0 aliphatic heterocycles. The van der Waals surface area contributed by atoms with Gasteiger partial charge < -0.3 is 10.6 Å². The van der Waals surface area contributed by atoms with Gasteiger partial charge in [0.15, 0.2) is 0 Å². The topological polar surface area (TPSA) is 59.2 Å². The molecule has 4 nitrogen and oxygen atoms in total. The van der Waals surface area contributed by atoms with Crippen LogP contribution >= 0.6 is 0 Å². The van der Waals surface area contributed by atoms with E-state index in [1.54, 1.807) is 17.0 Å². The first kappa shape index (κ1) is 10.9. The van der Waals surface area contributed by atoms with E-state index in [0.717, 1.165) is 18.9 Å². The summed E-state index contributed by atoms with van der Waals surface area (Å²) in [4.78, 5) is 17.7. The van der Waals surface area contributed by atoms with Crippen molar-refractivity contribution in [1.82, 2.24) is 9.88 Å². The van der Waals surface area contributed by atoms with Gasteiger partial charge in [0.05, 0.1) is 11.9 Å². The Morgan fingerprint density at radius 3 is 2.88 bits per heavy atom. The summed E-state index contributed by atoms with van der Waals surface area (Å²) in [6, 6.07) is 3.38. The quantitative estimate of drug-likeness (QED) is 0.835. The van der Waals surface area contributed by atoms with E-state index in [1.165, 1.54) is 19.0 Å². The lowest BCUT2D eigenvalue weighted by Gasteiger charge is -2.16. The molecular weight excluding hydrogens is 202 g/mol. The Bertz CT molecular complexity index is 370. The fourth-order valence-electron chi connectivity index (χ4n) is 1.61. The van der Waals surface area contributed by atoms with Gasteiger partial charge in [0.25, 0.3) is 5.91 Å². The van der Waals surface area contributed by atoms with Crippen LogP contribution in [-0.4, -0.2) is 29.4 Å². The number of hydrogen-bond acceptors (Lipinski definition) is 3. The highest BCUT2D eigenvalue weighted by Gasteiger charge is 2.22. The van der Waals surface area contributed by atoms with Gasteiger partial charge in [-0.2, -0.15) is 0 Å². The second-order valence-corrected chi connectivity index (χ2v) is 4.44. The van der Waals surface area contributed by atoms with Crippen molar-refractivity contribution in [3.63, 3.8) is 0 Å². The van der Waals surface area contributed by atoms with Crippen LogP contribution in [0, 0.1) is 5.92 Å². The van der Waals surface area contributed by atoms with E-state index in [2.05, 4.69) is 4.98 Å². The second kappa shape index (κ2) is 4.51. The molecular formula is C12H17N3O. The predicted molar refractivity (Wildman–Crippen MR) is 63.0 cm³/mol. The normalized spacial score (nSPS) is 14.8. The fraction of sp³-hybridized carbons (Fsp3) is 0.500. The molecule has 1 aliphatic rings. The van der Waals surface area contributed by atoms with Crippen molar-refractivity contribution in [3.8, 4) is 0 Å². The summed E-state index contributed by atoms with van der Waals surface area (Å²) in [5.74, 6) is 0.815. The minimum atomic E-state index is -0.0272. The van der Waals surface area contributed by atoms with Crippen molar-refractivity contribution < 1.29 is 4.79 Å². The van der Waals surface area contributed by atoms with Gasteiger partial charge in [0.1, 0.15) is 5.69 Å². The largest absolute Gasteiger partial charge is 0.397 e. The highest BCUT2D eigenvalue weighted by Crippen LogP contribution is 2.32. The van der Waals surface area contributed by atoms with E-state index in [-0.39, 0.29) is 5.91 Å². The Labute approximate surface area is 95.5 Å². The average Bonchev–Trinajstić information content (AvgIpc) is 3.10. The van der Waals surface area contributed by atoms with E-state index < -0.39 is 0 Å². The Morgan fingerprint density at radius 2 is 2.31 bits per heavy atom. The molecule has 1 aliphatic carbocycles. The number of pyridine rings is 1. The van der Waals surface area contributed by atoms with E-state index in [4.69, 9.17) is 5.73 Å². The van der Waals surface area contributed by atoms with E-state index >= 15 is 0 Å². The number of nitrogens with zero attached hydrogens (tertiary/aromatic N) is 2. The van der Waals surface area contributed by atoms with Crippen molar-refractivity contribution in [2.24, 2.45) is 5.92 Å². The molecule has 2 N–H and O–H groups in total. The van der Waals surface area contributed by atoms with Gasteiger partial charge in [0, 0.05) is 13.6 Å². The van der Waals surface area contributed by atoms with Gasteiger partial charge in [0.2, 0.25) is 0 Å². The molecule has 1 aromatic rings. The second-order valence-electron chi connectivity index (χ2n) is 4.44. The summed E-state index contributed by atoms with van der Waals surface area (Å²) in [7, 11) is 1.82. The Morgan fingerprint density at radius 1 is 1.56 bits per heavy atom. The highest BCUT2D eigenvalue weighted by molar-refractivity contribution is 5.92. The summed E-state index contributed by atoms with van der Waals surface area (Å²) < 4.78 is 0. The lowest BCUT2D eigenvalue weighted by Crippen LogP contribution is -2.28. The minimum Gasteiger partial charge on any atom is -0.397 e. The minimum absolute atomic E-state index is 0.0272. The number of aromatic nitrogens is 1. The van der Waals surface area contributed by atoms with Crippen molar-refractivity contribution in [2.45, 2.75) is 19.3 Å². The molecule has 1 aromatic heterocycles. The number of nitrogen functional groups attached to an aromatic ring is 1. The maximum Gasteiger partial charge on any atom is 0.272 e. The molecule has 2 rings (SSSR count). The molecule has 1 amide bonds. The van der Waals surface area contributed by atoms with Crippen LogP contribution in [0.1, 0.15) is 29.8 Å². The molecule has 4 heteroatoms. The smallest absolute Gasteiger partial charge is 0.272 e. The monoisotopic (exact) mass is 219 g/mol. The summed E-state index contributed by atoms with van der Waals surface area (Å²) in [5.41, 5.74) is 6.57. The zero-order valence-electron chi connectivity index (χ0n) is 9.52. The van der Waals surface area contributed by atoms with Crippen LogP contribution in [0.4, 0.5) is 5.69 Å². The molecule has 1 saturated carbocycles. The predicted octanol–water partition coefficient (Wildman–Crippen LogP) is 1.54. The summed E-state index contributed by atoms with van der Waals surface area (Å²) in [5, 5.41) is 0. The van der Waals surface area contributed by atoms with Gasteiger partial charge in [-0.15, -0.1) is 0 Å². The molecule has 0 spiro atoms. The zero-order chi connectivity index (χ0) is 11.5. The Hall–Kier alpha value is -1.58. The number of nitrogens with two attached hydrogens (primary N) is 1. The molecule has 0 unspecified atom stereocenters. The molecule has 86 valence electrons. The summed E-state index contributed by atoms with van der Waals surface area (Å²) >= 11 is 0. The Balaban J connectivity index is 1.91. The van der Waals surface area contributed by atoms with E-state index in [0.29, 0.717) is 11.4 Å². The zero-order valence-corrected chi connectivity index (χ0v) is 9.52. The number of amides is 1. The third-order valence-corrected chi connectivity index (χ3v) is 2.92. The van der Waals surface area contributed by atoms with Crippen LogP contribution in [-0.2, 0) is 0 Å². The maximum atomic E-state index is 11.9. The van der Waals surface area contributed by atoms with Crippen LogP contribution in [0.2, 0.25) is 0 Å². The van der Waals surface area contributed by atoms with Crippen LogP contribution in [0.25, 0.3) is 0 Å². The summed E-state index contributed by atoms with van der Waals surface area (Å²) in [6.07, 6.45) is 5.27. The van der Waals surface area contributed by atoms with Crippen LogP contribution in [0.5, 0.6) is 0 Å². The number of rotatable bonds is 4. The van der Waals surface area contributed by atoms with Crippen molar-refractivity contribution in [2.75, 3.05) is 19.3 Å². The van der Waals surface area contributed by atoms with E-state index in [1.807, 2.05) is 7.05 Å². The van der Waals surface area contributed by atoms with Crippen LogP contribution in [0.3, 0.4) is 0 Å². The van der Waals surface area contributed by atoms with Crippen molar-refractivity contribution in [3.05, 3.63) is 24.0 Å². The van der Waals surface area contributed by atoms with Crippen LogP contribution < -0.4 is 5.73 Å². The molecule has 0 saturated heterocycles. The third kappa shape index (κ3) is 2.72. The van der Waals surface area contributed by atoms with Gasteiger partial charge in [-0.3, -0.25) is 4.79 Å². The number of anilines is 1. The first-order chi connectivity index (χ1) is 7.66. The van der Waals surface area contributed by atoms with Gasteiger partial charge >= 0.3 is 0 Å². The molecule has 0 aromatic carbocycles. The average molecular weight is 219 g/mol. The third-order valence-electron chi connectivity index (χ3n) is 2.92. The van der Waals surface area contributed by atoms with Crippen LogP contribution in [0.15, 0.2) is 18.3 Å².